The fraction of sp³-hybridized carbons (Fsp3) is 0.300. The van der Waals surface area contributed by atoms with Crippen molar-refractivity contribution in [3.8, 4) is 0 Å². The summed E-state index contributed by atoms with van der Waals surface area (Å²) in [6.45, 7) is 4.64. The third kappa shape index (κ3) is 4.83. The number of nitrogens with zero attached hydrogens (tertiary/aromatic N) is 3. The number of amides is 1. The highest BCUT2D eigenvalue weighted by Crippen LogP contribution is 2.13. The van der Waals surface area contributed by atoms with Crippen LogP contribution in [0.2, 0.25) is 0 Å². The number of pyridine rings is 1. The molecular weight excluding hydrogens is 376 g/mol. The maximum Gasteiger partial charge on any atom is 0.338 e. The summed E-state index contributed by atoms with van der Waals surface area (Å²) < 4.78 is 4.98. The number of aromatic nitrogens is 1. The van der Waals surface area contributed by atoms with Gasteiger partial charge in [0.2, 0.25) is 0 Å². The fourth-order valence-electron chi connectivity index (χ4n) is 2.90. The Morgan fingerprint density at radius 3 is 2.21 bits per heavy atom. The Hall–Kier alpha value is -3.00. The van der Waals surface area contributed by atoms with E-state index in [1.807, 2.05) is 9.80 Å². The second kappa shape index (κ2) is 9.27. The number of anilines is 1. The van der Waals surface area contributed by atoms with E-state index >= 15 is 0 Å². The number of nitrogens with one attached hydrogen (secondary N) is 1. The molecule has 0 saturated carbocycles. The van der Waals surface area contributed by atoms with E-state index in [1.54, 1.807) is 55.7 Å². The number of rotatable bonds is 4. The van der Waals surface area contributed by atoms with Crippen molar-refractivity contribution in [2.75, 3.05) is 38.1 Å². The molecule has 1 aliphatic heterocycles. The number of carbonyl (C=O) groups is 2. The summed E-state index contributed by atoms with van der Waals surface area (Å²) in [7, 11) is 0. The normalized spacial score (nSPS) is 13.8. The molecule has 3 rings (SSSR count). The van der Waals surface area contributed by atoms with Crippen LogP contribution < -0.4 is 5.32 Å². The van der Waals surface area contributed by atoms with Crippen LogP contribution in [0.1, 0.15) is 27.6 Å². The molecule has 0 radical (unpaired) electrons. The van der Waals surface area contributed by atoms with E-state index in [4.69, 9.17) is 17.0 Å². The first-order chi connectivity index (χ1) is 13.6. The van der Waals surface area contributed by atoms with Crippen LogP contribution in [-0.2, 0) is 4.74 Å². The smallest absolute Gasteiger partial charge is 0.338 e. The lowest BCUT2D eigenvalue weighted by Crippen LogP contribution is -2.51. The highest BCUT2D eigenvalue weighted by Gasteiger charge is 2.23. The summed E-state index contributed by atoms with van der Waals surface area (Å²) in [4.78, 5) is 32.0. The van der Waals surface area contributed by atoms with Gasteiger partial charge in [-0.15, -0.1) is 0 Å². The molecule has 8 heteroatoms. The molecule has 1 fully saturated rings. The van der Waals surface area contributed by atoms with Gasteiger partial charge in [-0.2, -0.15) is 0 Å². The zero-order chi connectivity index (χ0) is 19.9. The van der Waals surface area contributed by atoms with E-state index in [0.29, 0.717) is 49.0 Å². The molecule has 2 aromatic rings. The van der Waals surface area contributed by atoms with Crippen LogP contribution in [0.3, 0.4) is 0 Å². The molecule has 1 N–H and O–H groups in total. The van der Waals surface area contributed by atoms with Gasteiger partial charge in [0.15, 0.2) is 5.11 Å². The molecule has 28 heavy (non-hydrogen) atoms. The molecule has 1 amide bonds. The second-order valence-corrected chi connectivity index (χ2v) is 6.63. The van der Waals surface area contributed by atoms with E-state index < -0.39 is 0 Å². The number of piperazine rings is 1. The van der Waals surface area contributed by atoms with Crippen molar-refractivity contribution < 1.29 is 14.3 Å². The molecule has 1 saturated heterocycles. The van der Waals surface area contributed by atoms with Crippen molar-refractivity contribution >= 4 is 34.9 Å². The monoisotopic (exact) mass is 398 g/mol. The predicted octanol–water partition coefficient (Wildman–Crippen LogP) is 2.41. The fourth-order valence-corrected chi connectivity index (χ4v) is 3.20. The van der Waals surface area contributed by atoms with Crippen molar-refractivity contribution in [1.29, 1.82) is 0 Å². The second-order valence-electron chi connectivity index (χ2n) is 6.24. The highest BCUT2D eigenvalue weighted by atomic mass is 32.1. The topological polar surface area (TPSA) is 74.8 Å². The van der Waals surface area contributed by atoms with Gasteiger partial charge in [0.25, 0.3) is 5.91 Å². The number of carbonyl (C=O) groups excluding carboxylic acids is 2. The van der Waals surface area contributed by atoms with Gasteiger partial charge in [-0.25, -0.2) is 4.79 Å². The minimum Gasteiger partial charge on any atom is -0.462 e. The predicted molar refractivity (Wildman–Crippen MR) is 110 cm³/mol. The third-order valence-electron chi connectivity index (χ3n) is 4.43. The number of ether oxygens (including phenoxy) is 1. The maximum absolute atomic E-state index is 12.5. The van der Waals surface area contributed by atoms with Crippen LogP contribution in [0.15, 0.2) is 48.8 Å². The van der Waals surface area contributed by atoms with Gasteiger partial charge in [0.1, 0.15) is 0 Å². The Morgan fingerprint density at radius 2 is 1.61 bits per heavy atom. The summed E-state index contributed by atoms with van der Waals surface area (Å²) in [5.41, 5.74) is 1.95. The van der Waals surface area contributed by atoms with E-state index in [9.17, 15) is 9.59 Å². The number of hydrogen-bond acceptors (Lipinski definition) is 5. The molecule has 1 aromatic carbocycles. The van der Waals surface area contributed by atoms with Crippen molar-refractivity contribution in [2.45, 2.75) is 6.92 Å². The van der Waals surface area contributed by atoms with E-state index in [0.717, 1.165) is 5.69 Å². The Bertz CT molecular complexity index is 834. The lowest BCUT2D eigenvalue weighted by molar-refractivity contribution is 0.0526. The average Bonchev–Trinajstić information content (AvgIpc) is 2.74. The molecule has 146 valence electrons. The third-order valence-corrected chi connectivity index (χ3v) is 4.79. The lowest BCUT2D eigenvalue weighted by atomic mass is 10.2. The van der Waals surface area contributed by atoms with Crippen molar-refractivity contribution in [1.82, 2.24) is 14.8 Å². The molecule has 0 atom stereocenters. The van der Waals surface area contributed by atoms with Gasteiger partial charge >= 0.3 is 5.97 Å². The van der Waals surface area contributed by atoms with Crippen molar-refractivity contribution in [2.24, 2.45) is 0 Å². The van der Waals surface area contributed by atoms with Crippen LogP contribution in [0.5, 0.6) is 0 Å². The first-order valence-electron chi connectivity index (χ1n) is 9.11. The van der Waals surface area contributed by atoms with Crippen LogP contribution in [-0.4, -0.2) is 64.6 Å². The van der Waals surface area contributed by atoms with Gasteiger partial charge in [-0.1, -0.05) is 0 Å². The van der Waals surface area contributed by atoms with E-state index in [-0.39, 0.29) is 11.9 Å². The van der Waals surface area contributed by atoms with Gasteiger partial charge in [-0.05, 0) is 55.5 Å². The summed E-state index contributed by atoms with van der Waals surface area (Å²) in [5, 5.41) is 3.78. The Labute approximate surface area is 169 Å². The van der Waals surface area contributed by atoms with Crippen LogP contribution in [0.4, 0.5) is 5.69 Å². The molecule has 0 spiro atoms. The van der Waals surface area contributed by atoms with Crippen molar-refractivity contribution in [3.05, 3.63) is 59.9 Å². The number of thiocarbonyl (C=S) groups is 1. The lowest BCUT2D eigenvalue weighted by Gasteiger charge is -2.36. The first kappa shape index (κ1) is 19.8. The van der Waals surface area contributed by atoms with Crippen molar-refractivity contribution in [3.63, 3.8) is 0 Å². The number of hydrogen-bond donors (Lipinski definition) is 1. The summed E-state index contributed by atoms with van der Waals surface area (Å²) in [5.74, 6) is -0.331. The maximum atomic E-state index is 12.5. The summed E-state index contributed by atoms with van der Waals surface area (Å²) in [6, 6.07) is 10.4. The molecular formula is C20H22N4O3S. The Kier molecular flexibility index (Phi) is 6.54. The minimum atomic E-state index is -0.341. The molecule has 0 bridgehead atoms. The number of benzene rings is 1. The molecule has 0 unspecified atom stereocenters. The van der Waals surface area contributed by atoms with Gasteiger partial charge in [-0.3, -0.25) is 9.78 Å². The standard InChI is InChI=1S/C20H22N4O3S/c1-2-27-19(26)16-3-5-17(6-4-16)22-20(28)24-13-11-23(12-14-24)18(25)15-7-9-21-10-8-15/h3-10H,2,11-14H2,1H3,(H,22,28). The Balaban J connectivity index is 1.51. The highest BCUT2D eigenvalue weighted by molar-refractivity contribution is 7.80. The van der Waals surface area contributed by atoms with Crippen LogP contribution in [0.25, 0.3) is 0 Å². The molecule has 7 nitrogen and oxygen atoms in total. The molecule has 1 aromatic heterocycles. The summed E-state index contributed by atoms with van der Waals surface area (Å²) in [6.07, 6.45) is 3.24. The zero-order valence-electron chi connectivity index (χ0n) is 15.6. The largest absolute Gasteiger partial charge is 0.462 e. The van der Waals surface area contributed by atoms with Gasteiger partial charge < -0.3 is 19.9 Å². The SMILES string of the molecule is CCOC(=O)c1ccc(NC(=S)N2CCN(C(=O)c3ccncc3)CC2)cc1. The quantitative estimate of drug-likeness (QED) is 0.626. The average molecular weight is 398 g/mol. The van der Waals surface area contributed by atoms with E-state index in [1.165, 1.54) is 0 Å². The van der Waals surface area contributed by atoms with Crippen LogP contribution >= 0.6 is 12.2 Å². The van der Waals surface area contributed by atoms with Gasteiger partial charge in [0.05, 0.1) is 12.2 Å². The first-order valence-corrected chi connectivity index (χ1v) is 9.51. The molecule has 2 heterocycles. The minimum absolute atomic E-state index is 0.00971. The van der Waals surface area contributed by atoms with E-state index in [2.05, 4.69) is 10.3 Å². The molecule has 0 aliphatic carbocycles. The van der Waals surface area contributed by atoms with Crippen LogP contribution in [0, 0.1) is 0 Å². The number of esters is 1. The van der Waals surface area contributed by atoms with Gasteiger partial charge in [0, 0.05) is 49.8 Å². The Morgan fingerprint density at radius 1 is 1.00 bits per heavy atom. The zero-order valence-corrected chi connectivity index (χ0v) is 16.4. The molecule has 1 aliphatic rings. The summed E-state index contributed by atoms with van der Waals surface area (Å²) >= 11 is 5.49.